The molecule has 2 aromatic heterocycles. The summed E-state index contributed by atoms with van der Waals surface area (Å²) < 4.78 is 13.8. The first-order chi connectivity index (χ1) is 18.9. The zero-order chi connectivity index (χ0) is 27.4. The number of hydrogen-bond donors (Lipinski definition) is 0. The first kappa shape index (κ1) is 26.5. The van der Waals surface area contributed by atoms with Gasteiger partial charge in [0.25, 0.3) is 11.2 Å². The Kier molecular flexibility index (Phi) is 7.97. The fourth-order valence-corrected chi connectivity index (χ4v) is 5.00. The number of halogens is 1. The second-order valence-corrected chi connectivity index (χ2v) is 10.1. The van der Waals surface area contributed by atoms with Gasteiger partial charge in [-0.1, -0.05) is 35.2 Å². The average molecular weight is 592 g/mol. The minimum atomic E-state index is -0.522. The van der Waals surface area contributed by atoms with Gasteiger partial charge in [-0.05, 0) is 61.7 Å². The van der Waals surface area contributed by atoms with Gasteiger partial charge >= 0.3 is 0 Å². The van der Waals surface area contributed by atoms with Gasteiger partial charge in [-0.3, -0.25) is 14.9 Å². The molecule has 39 heavy (non-hydrogen) atoms. The zero-order valence-electron chi connectivity index (χ0n) is 21.2. The van der Waals surface area contributed by atoms with Crippen molar-refractivity contribution >= 4 is 38.7 Å². The van der Waals surface area contributed by atoms with Gasteiger partial charge in [0.2, 0.25) is 5.88 Å². The molecule has 4 aromatic rings. The molecule has 0 bridgehead atoms. The predicted molar refractivity (Wildman–Crippen MR) is 151 cm³/mol. The van der Waals surface area contributed by atoms with Gasteiger partial charge in [0.1, 0.15) is 12.0 Å². The molecular weight excluding hydrogens is 566 g/mol. The van der Waals surface area contributed by atoms with E-state index >= 15 is 0 Å². The van der Waals surface area contributed by atoms with Crippen LogP contribution >= 0.6 is 15.9 Å². The van der Waals surface area contributed by atoms with E-state index in [1.165, 1.54) is 23.2 Å². The summed E-state index contributed by atoms with van der Waals surface area (Å²) in [6.07, 6.45) is 8.08. The molecule has 0 amide bonds. The summed E-state index contributed by atoms with van der Waals surface area (Å²) in [6, 6.07) is 13.5. The lowest BCUT2D eigenvalue weighted by atomic mass is 9.88. The SMILES string of the molecule is CCOc1cc(C=Nn2c(C3CCCCC3)nc3ccc(Br)cc3c2=O)ccc1Oc1ccc([N+](=O)[O-])cn1. The van der Waals surface area contributed by atoms with Crippen LogP contribution in [0.25, 0.3) is 10.9 Å². The predicted octanol–water partition coefficient (Wildman–Crippen LogP) is 6.58. The molecule has 1 aliphatic rings. The van der Waals surface area contributed by atoms with Crippen LogP contribution in [0.1, 0.15) is 56.3 Å². The van der Waals surface area contributed by atoms with Crippen LogP contribution in [0.4, 0.5) is 5.69 Å². The fraction of sp³-hybridized carbons (Fsp3) is 0.286. The molecule has 200 valence electrons. The van der Waals surface area contributed by atoms with Gasteiger partial charge in [0.15, 0.2) is 11.5 Å². The molecule has 0 aliphatic heterocycles. The van der Waals surface area contributed by atoms with E-state index in [-0.39, 0.29) is 23.0 Å². The van der Waals surface area contributed by atoms with E-state index in [1.54, 1.807) is 30.5 Å². The number of pyridine rings is 1. The monoisotopic (exact) mass is 591 g/mol. The van der Waals surface area contributed by atoms with Crippen LogP contribution in [0.2, 0.25) is 0 Å². The second kappa shape index (κ2) is 11.7. The van der Waals surface area contributed by atoms with Gasteiger partial charge in [-0.15, -0.1) is 0 Å². The van der Waals surface area contributed by atoms with E-state index in [1.807, 2.05) is 19.1 Å². The lowest BCUT2D eigenvalue weighted by molar-refractivity contribution is -0.385. The number of aromatic nitrogens is 3. The number of nitro groups is 1. The zero-order valence-corrected chi connectivity index (χ0v) is 22.8. The van der Waals surface area contributed by atoms with E-state index in [9.17, 15) is 14.9 Å². The largest absolute Gasteiger partial charge is 0.490 e. The highest BCUT2D eigenvalue weighted by atomic mass is 79.9. The molecule has 0 unspecified atom stereocenters. The summed E-state index contributed by atoms with van der Waals surface area (Å²) in [5.41, 5.74) is 1.01. The number of nitrogens with zero attached hydrogens (tertiary/aromatic N) is 5. The molecule has 1 aliphatic carbocycles. The first-order valence-electron chi connectivity index (χ1n) is 12.7. The van der Waals surface area contributed by atoms with E-state index in [0.717, 1.165) is 36.4 Å². The van der Waals surface area contributed by atoms with Crippen LogP contribution in [-0.4, -0.2) is 32.4 Å². The molecule has 10 nitrogen and oxygen atoms in total. The molecule has 5 rings (SSSR count). The third-order valence-electron chi connectivity index (χ3n) is 6.54. The molecule has 0 spiro atoms. The Morgan fingerprint density at radius 3 is 2.67 bits per heavy atom. The molecule has 1 saturated carbocycles. The highest BCUT2D eigenvalue weighted by molar-refractivity contribution is 9.10. The van der Waals surface area contributed by atoms with E-state index in [4.69, 9.17) is 14.5 Å². The Bertz CT molecular complexity index is 1600. The summed E-state index contributed by atoms with van der Waals surface area (Å²) in [5.74, 6) is 1.88. The normalized spacial score (nSPS) is 14.1. The van der Waals surface area contributed by atoms with Crippen molar-refractivity contribution in [1.82, 2.24) is 14.6 Å². The Hall–Kier alpha value is -4.12. The molecule has 0 atom stereocenters. The Morgan fingerprint density at radius 2 is 1.95 bits per heavy atom. The maximum absolute atomic E-state index is 13.6. The van der Waals surface area contributed by atoms with Gasteiger partial charge in [0, 0.05) is 22.5 Å². The van der Waals surface area contributed by atoms with Crippen molar-refractivity contribution < 1.29 is 14.4 Å². The van der Waals surface area contributed by atoms with Gasteiger partial charge in [-0.2, -0.15) is 9.78 Å². The number of ether oxygens (including phenoxy) is 2. The summed E-state index contributed by atoms with van der Waals surface area (Å²) in [5, 5.41) is 16.0. The van der Waals surface area contributed by atoms with Crippen molar-refractivity contribution in [2.75, 3.05) is 6.61 Å². The van der Waals surface area contributed by atoms with Crippen LogP contribution in [0.15, 0.2) is 69.1 Å². The molecule has 1 fully saturated rings. The Balaban J connectivity index is 1.49. The Labute approximate surface area is 232 Å². The van der Waals surface area contributed by atoms with E-state index < -0.39 is 4.92 Å². The van der Waals surface area contributed by atoms with Crippen LogP contribution in [0.3, 0.4) is 0 Å². The minimum absolute atomic E-state index is 0.127. The fourth-order valence-electron chi connectivity index (χ4n) is 4.64. The third kappa shape index (κ3) is 5.98. The van der Waals surface area contributed by atoms with Gasteiger partial charge < -0.3 is 9.47 Å². The molecular formula is C28H26BrN5O5. The van der Waals surface area contributed by atoms with Crippen molar-refractivity contribution in [3.63, 3.8) is 0 Å². The molecule has 0 radical (unpaired) electrons. The van der Waals surface area contributed by atoms with Crippen molar-refractivity contribution in [2.24, 2.45) is 5.10 Å². The lowest BCUT2D eigenvalue weighted by Crippen LogP contribution is -2.25. The number of benzene rings is 2. The highest BCUT2D eigenvalue weighted by Gasteiger charge is 2.22. The number of fused-ring (bicyclic) bond motifs is 1. The topological polar surface area (TPSA) is 122 Å². The quantitative estimate of drug-likeness (QED) is 0.129. The highest BCUT2D eigenvalue weighted by Crippen LogP contribution is 2.33. The maximum Gasteiger partial charge on any atom is 0.287 e. The molecule has 0 saturated heterocycles. The summed E-state index contributed by atoms with van der Waals surface area (Å²) in [6.45, 7) is 2.24. The van der Waals surface area contributed by atoms with Crippen LogP contribution < -0.4 is 15.0 Å². The van der Waals surface area contributed by atoms with Crippen molar-refractivity contribution in [3.05, 3.63) is 91.1 Å². The van der Waals surface area contributed by atoms with Crippen LogP contribution in [0, 0.1) is 10.1 Å². The molecule has 2 aromatic carbocycles. The number of rotatable bonds is 8. The van der Waals surface area contributed by atoms with Crippen molar-refractivity contribution in [3.8, 4) is 17.4 Å². The number of hydrogen-bond acceptors (Lipinski definition) is 8. The third-order valence-corrected chi connectivity index (χ3v) is 7.03. The molecule has 11 heteroatoms. The van der Waals surface area contributed by atoms with E-state index in [2.05, 4.69) is 26.0 Å². The van der Waals surface area contributed by atoms with Crippen molar-refractivity contribution in [2.45, 2.75) is 44.9 Å². The lowest BCUT2D eigenvalue weighted by Gasteiger charge is -2.22. The van der Waals surface area contributed by atoms with Gasteiger partial charge in [-0.25, -0.2) is 9.97 Å². The average Bonchev–Trinajstić information content (AvgIpc) is 2.95. The standard InChI is InChI=1S/C28H26BrN5O5/c1-2-38-25-14-18(8-12-24(25)39-26-13-10-21(17-30-26)34(36)37)16-31-33-27(19-6-4-3-5-7-19)32-23-11-9-20(29)15-22(23)28(33)35/h8-17,19H,2-7H2,1H3. The van der Waals surface area contributed by atoms with Crippen LogP contribution in [0.5, 0.6) is 17.4 Å². The second-order valence-electron chi connectivity index (χ2n) is 9.18. The molecule has 0 N–H and O–H groups in total. The van der Waals surface area contributed by atoms with Gasteiger partial charge in [0.05, 0.1) is 28.6 Å². The summed E-state index contributed by atoms with van der Waals surface area (Å²) in [4.78, 5) is 32.8. The first-order valence-corrected chi connectivity index (χ1v) is 13.5. The minimum Gasteiger partial charge on any atom is -0.490 e. The molecule has 2 heterocycles. The van der Waals surface area contributed by atoms with E-state index in [0.29, 0.717) is 40.4 Å². The van der Waals surface area contributed by atoms with Crippen molar-refractivity contribution in [1.29, 1.82) is 0 Å². The summed E-state index contributed by atoms with van der Waals surface area (Å²) in [7, 11) is 0. The summed E-state index contributed by atoms with van der Waals surface area (Å²) >= 11 is 3.45. The Morgan fingerprint density at radius 1 is 1.13 bits per heavy atom. The maximum atomic E-state index is 13.6. The smallest absolute Gasteiger partial charge is 0.287 e. The van der Waals surface area contributed by atoms with Crippen LogP contribution in [-0.2, 0) is 0 Å².